The lowest BCUT2D eigenvalue weighted by Crippen LogP contribution is -2.20. The molecule has 2 aliphatic rings. The molecule has 3 rings (SSSR count). The summed E-state index contributed by atoms with van der Waals surface area (Å²) in [5.74, 6) is 2.31. The number of hydrogen-bond donors (Lipinski definition) is 1. The number of fused-ring (bicyclic) bond motifs is 2. The minimum atomic E-state index is -4.26. The van der Waals surface area contributed by atoms with E-state index in [-0.39, 0.29) is 0 Å². The third kappa shape index (κ3) is 2.72. The van der Waals surface area contributed by atoms with Gasteiger partial charge in [0.1, 0.15) is 0 Å². The van der Waals surface area contributed by atoms with Crippen LogP contribution in [0.25, 0.3) is 0 Å². The van der Waals surface area contributed by atoms with Crippen molar-refractivity contribution in [2.75, 3.05) is 11.9 Å². The van der Waals surface area contributed by atoms with E-state index in [0.29, 0.717) is 11.6 Å². The lowest BCUT2D eigenvalue weighted by atomic mass is 9.89. The van der Waals surface area contributed by atoms with Gasteiger partial charge in [0.05, 0.1) is 5.56 Å². The molecule has 0 saturated heterocycles. The highest BCUT2D eigenvalue weighted by Crippen LogP contribution is 2.48. The first-order chi connectivity index (χ1) is 9.02. The summed E-state index contributed by atoms with van der Waals surface area (Å²) < 4.78 is 37.8. The second kappa shape index (κ2) is 4.73. The summed E-state index contributed by atoms with van der Waals surface area (Å²) in [6.45, 7) is 0.808. The Bertz CT molecular complexity index is 455. The summed E-state index contributed by atoms with van der Waals surface area (Å²) in [6, 6.07) is 5.49. The van der Waals surface area contributed by atoms with E-state index < -0.39 is 11.7 Å². The van der Waals surface area contributed by atoms with E-state index in [4.69, 9.17) is 0 Å². The van der Waals surface area contributed by atoms with Crippen LogP contribution < -0.4 is 5.32 Å². The van der Waals surface area contributed by atoms with E-state index in [1.165, 1.54) is 37.8 Å². The van der Waals surface area contributed by atoms with Gasteiger partial charge in [0, 0.05) is 12.2 Å². The van der Waals surface area contributed by atoms with Crippen molar-refractivity contribution in [3.05, 3.63) is 29.8 Å². The van der Waals surface area contributed by atoms with Crippen molar-refractivity contribution in [3.63, 3.8) is 0 Å². The Morgan fingerprint density at radius 2 is 2.00 bits per heavy atom. The summed E-state index contributed by atoms with van der Waals surface area (Å²) in [5.41, 5.74) is 0.00282. The predicted octanol–water partition coefficient (Wildman–Crippen LogP) is 4.55. The largest absolute Gasteiger partial charge is 0.416 e. The Kier molecular flexibility index (Phi) is 3.19. The van der Waals surface area contributed by atoms with Crippen LogP contribution in [0.3, 0.4) is 0 Å². The molecule has 0 spiro atoms. The SMILES string of the molecule is FC(F)(F)c1cccc(NCC2CC3CCC2C3)c1. The molecule has 0 heterocycles. The van der Waals surface area contributed by atoms with E-state index in [0.717, 1.165) is 24.4 Å². The minimum Gasteiger partial charge on any atom is -0.385 e. The number of benzene rings is 1. The smallest absolute Gasteiger partial charge is 0.385 e. The first-order valence-corrected chi connectivity index (χ1v) is 6.93. The zero-order valence-corrected chi connectivity index (χ0v) is 10.7. The average Bonchev–Trinajstić information content (AvgIpc) is 2.98. The molecule has 1 aromatic rings. The van der Waals surface area contributed by atoms with Crippen LogP contribution in [0.15, 0.2) is 24.3 Å². The zero-order valence-electron chi connectivity index (χ0n) is 10.7. The topological polar surface area (TPSA) is 12.0 Å². The maximum Gasteiger partial charge on any atom is 0.416 e. The van der Waals surface area contributed by atoms with Crippen molar-refractivity contribution in [1.29, 1.82) is 0 Å². The Morgan fingerprint density at radius 3 is 2.63 bits per heavy atom. The first-order valence-electron chi connectivity index (χ1n) is 6.93. The molecule has 3 unspecified atom stereocenters. The number of hydrogen-bond acceptors (Lipinski definition) is 1. The Balaban J connectivity index is 1.61. The van der Waals surface area contributed by atoms with Gasteiger partial charge in [0.2, 0.25) is 0 Å². The summed E-state index contributed by atoms with van der Waals surface area (Å²) in [5, 5.41) is 3.18. The van der Waals surface area contributed by atoms with Crippen LogP contribution in [0.1, 0.15) is 31.2 Å². The van der Waals surface area contributed by atoms with Gasteiger partial charge >= 0.3 is 6.18 Å². The predicted molar refractivity (Wildman–Crippen MR) is 68.9 cm³/mol. The van der Waals surface area contributed by atoms with Gasteiger partial charge in [0.25, 0.3) is 0 Å². The highest BCUT2D eigenvalue weighted by atomic mass is 19.4. The molecule has 0 radical (unpaired) electrons. The maximum absolute atomic E-state index is 12.6. The molecular formula is C15H18F3N. The van der Waals surface area contributed by atoms with Crippen molar-refractivity contribution < 1.29 is 13.2 Å². The monoisotopic (exact) mass is 269 g/mol. The molecule has 2 bridgehead atoms. The lowest BCUT2D eigenvalue weighted by molar-refractivity contribution is -0.137. The average molecular weight is 269 g/mol. The lowest BCUT2D eigenvalue weighted by Gasteiger charge is -2.22. The molecule has 104 valence electrons. The van der Waals surface area contributed by atoms with Crippen LogP contribution in [-0.4, -0.2) is 6.54 Å². The summed E-state index contributed by atoms with van der Waals surface area (Å²) in [4.78, 5) is 0. The van der Waals surface area contributed by atoms with E-state index in [2.05, 4.69) is 5.32 Å². The van der Waals surface area contributed by atoms with Crippen LogP contribution >= 0.6 is 0 Å². The Labute approximate surface area is 111 Å². The zero-order chi connectivity index (χ0) is 13.5. The van der Waals surface area contributed by atoms with E-state index in [1.807, 2.05) is 0 Å². The third-order valence-corrected chi connectivity index (χ3v) is 4.64. The number of anilines is 1. The molecule has 2 aliphatic carbocycles. The van der Waals surface area contributed by atoms with Crippen LogP contribution in [0.5, 0.6) is 0 Å². The molecule has 0 aromatic heterocycles. The van der Waals surface area contributed by atoms with Gasteiger partial charge in [-0.1, -0.05) is 12.5 Å². The molecular weight excluding hydrogens is 251 g/mol. The first kappa shape index (κ1) is 12.8. The molecule has 2 fully saturated rings. The number of alkyl halides is 3. The van der Waals surface area contributed by atoms with Gasteiger partial charge < -0.3 is 5.32 Å². The number of rotatable bonds is 3. The van der Waals surface area contributed by atoms with E-state index >= 15 is 0 Å². The highest BCUT2D eigenvalue weighted by molar-refractivity contribution is 5.46. The standard InChI is InChI=1S/C15H18F3N/c16-15(17,18)13-2-1-3-14(8-13)19-9-12-7-10-4-5-11(12)6-10/h1-3,8,10-12,19H,4-7,9H2. The summed E-state index contributed by atoms with van der Waals surface area (Å²) in [6.07, 6.45) is 0.972. The highest BCUT2D eigenvalue weighted by Gasteiger charge is 2.39. The molecule has 1 nitrogen and oxygen atoms in total. The minimum absolute atomic E-state index is 0.578. The Hall–Kier alpha value is -1.19. The molecule has 19 heavy (non-hydrogen) atoms. The molecule has 1 aromatic carbocycles. The quantitative estimate of drug-likeness (QED) is 0.848. The van der Waals surface area contributed by atoms with Crippen molar-refractivity contribution in [2.24, 2.45) is 17.8 Å². The van der Waals surface area contributed by atoms with Gasteiger partial charge in [-0.05, 0) is 55.2 Å². The second-order valence-electron chi connectivity index (χ2n) is 5.89. The molecule has 0 aliphatic heterocycles. The van der Waals surface area contributed by atoms with Gasteiger partial charge in [-0.2, -0.15) is 13.2 Å². The normalized spacial score (nSPS) is 29.7. The molecule has 4 heteroatoms. The molecule has 2 saturated carbocycles. The van der Waals surface area contributed by atoms with Crippen LogP contribution in [0.2, 0.25) is 0 Å². The van der Waals surface area contributed by atoms with Crippen molar-refractivity contribution >= 4 is 5.69 Å². The van der Waals surface area contributed by atoms with Crippen LogP contribution in [-0.2, 0) is 6.18 Å². The molecule has 3 atom stereocenters. The fourth-order valence-corrected chi connectivity index (χ4v) is 3.68. The number of nitrogens with one attached hydrogen (secondary N) is 1. The van der Waals surface area contributed by atoms with Crippen LogP contribution in [0.4, 0.5) is 18.9 Å². The fraction of sp³-hybridized carbons (Fsp3) is 0.600. The molecule has 1 N–H and O–H groups in total. The van der Waals surface area contributed by atoms with Gasteiger partial charge in [-0.3, -0.25) is 0 Å². The second-order valence-corrected chi connectivity index (χ2v) is 5.89. The van der Waals surface area contributed by atoms with Crippen molar-refractivity contribution in [3.8, 4) is 0 Å². The van der Waals surface area contributed by atoms with E-state index in [9.17, 15) is 13.2 Å². The summed E-state index contributed by atoms with van der Waals surface area (Å²) in [7, 11) is 0. The fourth-order valence-electron chi connectivity index (χ4n) is 3.68. The van der Waals surface area contributed by atoms with Crippen molar-refractivity contribution in [2.45, 2.75) is 31.9 Å². The van der Waals surface area contributed by atoms with Gasteiger partial charge in [0.15, 0.2) is 0 Å². The maximum atomic E-state index is 12.6. The van der Waals surface area contributed by atoms with Crippen LogP contribution in [0, 0.1) is 17.8 Å². The van der Waals surface area contributed by atoms with Crippen molar-refractivity contribution in [1.82, 2.24) is 0 Å². The summed E-state index contributed by atoms with van der Waals surface area (Å²) >= 11 is 0. The Morgan fingerprint density at radius 1 is 1.16 bits per heavy atom. The van der Waals surface area contributed by atoms with Gasteiger partial charge in [-0.15, -0.1) is 0 Å². The number of halogens is 3. The van der Waals surface area contributed by atoms with Gasteiger partial charge in [-0.25, -0.2) is 0 Å². The third-order valence-electron chi connectivity index (χ3n) is 4.64. The molecule has 0 amide bonds. The van der Waals surface area contributed by atoms with E-state index in [1.54, 1.807) is 6.07 Å².